The Morgan fingerprint density at radius 1 is 1.12 bits per heavy atom. The fourth-order valence-corrected chi connectivity index (χ4v) is 3.64. The zero-order valence-electron chi connectivity index (χ0n) is 15.2. The molecule has 0 saturated heterocycles. The lowest BCUT2D eigenvalue weighted by atomic mass is 10.1. The predicted octanol–water partition coefficient (Wildman–Crippen LogP) is 2.58. The van der Waals surface area contributed by atoms with Gasteiger partial charge in [0.15, 0.2) is 0 Å². The molecule has 0 fully saturated rings. The van der Waals surface area contributed by atoms with Crippen molar-refractivity contribution >= 4 is 15.9 Å². The van der Waals surface area contributed by atoms with Gasteiger partial charge in [0.1, 0.15) is 5.75 Å². The Labute approximate surface area is 154 Å². The summed E-state index contributed by atoms with van der Waals surface area (Å²) in [7, 11) is -0.317. The molecule has 1 amide bonds. The highest BCUT2D eigenvalue weighted by molar-refractivity contribution is 7.89. The van der Waals surface area contributed by atoms with Crippen LogP contribution in [-0.4, -0.2) is 39.9 Å². The third-order valence-electron chi connectivity index (χ3n) is 4.25. The summed E-state index contributed by atoms with van der Waals surface area (Å²) in [4.78, 5) is 14.2. The van der Waals surface area contributed by atoms with Gasteiger partial charge in [0.25, 0.3) is 0 Å². The molecule has 2 rings (SSSR count). The van der Waals surface area contributed by atoms with Crippen molar-refractivity contribution < 1.29 is 17.9 Å². The second kappa shape index (κ2) is 8.82. The maximum absolute atomic E-state index is 12.4. The fourth-order valence-electron chi connectivity index (χ4n) is 2.59. The Hall–Kier alpha value is -2.38. The molecule has 0 spiro atoms. The second-order valence-corrected chi connectivity index (χ2v) is 7.65. The average Bonchev–Trinajstić information content (AvgIpc) is 2.67. The number of para-hydroxylation sites is 1. The topological polar surface area (TPSA) is 75.7 Å². The van der Waals surface area contributed by atoms with Crippen LogP contribution in [0.1, 0.15) is 24.9 Å². The zero-order chi connectivity index (χ0) is 19.2. The predicted molar refractivity (Wildman–Crippen MR) is 100 cm³/mol. The van der Waals surface area contributed by atoms with Gasteiger partial charge in [-0.2, -0.15) is 0 Å². The minimum Gasteiger partial charge on any atom is -0.496 e. The molecule has 26 heavy (non-hydrogen) atoms. The van der Waals surface area contributed by atoms with Crippen LogP contribution in [0.15, 0.2) is 59.5 Å². The number of sulfonamides is 1. The number of hydrogen-bond donors (Lipinski definition) is 1. The Kier molecular flexibility index (Phi) is 6.76. The van der Waals surface area contributed by atoms with E-state index in [0.29, 0.717) is 5.75 Å². The maximum Gasteiger partial charge on any atom is 0.240 e. The van der Waals surface area contributed by atoms with Gasteiger partial charge in [-0.15, -0.1) is 0 Å². The van der Waals surface area contributed by atoms with Crippen LogP contribution in [0.3, 0.4) is 0 Å². The standard InChI is InChI=1S/C19H24N2O4S/c1-15(17-11-7-8-12-18(17)25-3)21(2)19(22)13-14-20-26(23,24)16-9-5-4-6-10-16/h4-12,15,20H,13-14H2,1-3H3. The van der Waals surface area contributed by atoms with E-state index >= 15 is 0 Å². The van der Waals surface area contributed by atoms with Gasteiger partial charge in [0.05, 0.1) is 18.0 Å². The molecule has 1 unspecified atom stereocenters. The molecule has 2 aromatic carbocycles. The molecule has 0 aromatic heterocycles. The Morgan fingerprint density at radius 3 is 2.38 bits per heavy atom. The summed E-state index contributed by atoms with van der Waals surface area (Å²) in [5.41, 5.74) is 0.899. The van der Waals surface area contributed by atoms with Crippen LogP contribution in [0.5, 0.6) is 5.75 Å². The molecule has 7 heteroatoms. The first kappa shape index (κ1) is 19.9. The normalized spacial score (nSPS) is 12.4. The zero-order valence-corrected chi connectivity index (χ0v) is 16.0. The lowest BCUT2D eigenvalue weighted by molar-refractivity contribution is -0.131. The quantitative estimate of drug-likeness (QED) is 0.768. The number of rotatable bonds is 8. The third-order valence-corrected chi connectivity index (χ3v) is 5.72. The number of hydrogen-bond acceptors (Lipinski definition) is 4. The van der Waals surface area contributed by atoms with Crippen molar-refractivity contribution in [3.8, 4) is 5.75 Å². The van der Waals surface area contributed by atoms with Crippen molar-refractivity contribution in [3.63, 3.8) is 0 Å². The van der Waals surface area contributed by atoms with E-state index in [-0.39, 0.29) is 29.8 Å². The molecule has 140 valence electrons. The molecule has 6 nitrogen and oxygen atoms in total. The third kappa shape index (κ3) is 4.83. The van der Waals surface area contributed by atoms with Crippen LogP contribution in [0.2, 0.25) is 0 Å². The SMILES string of the molecule is COc1ccccc1C(C)N(C)C(=O)CCNS(=O)(=O)c1ccccc1. The molecule has 0 radical (unpaired) electrons. The highest BCUT2D eigenvalue weighted by Gasteiger charge is 2.21. The van der Waals surface area contributed by atoms with Crippen molar-refractivity contribution in [2.45, 2.75) is 24.3 Å². The first-order valence-corrected chi connectivity index (χ1v) is 9.78. The van der Waals surface area contributed by atoms with Crippen LogP contribution in [0.4, 0.5) is 0 Å². The van der Waals surface area contributed by atoms with Crippen molar-refractivity contribution in [3.05, 3.63) is 60.2 Å². The number of methoxy groups -OCH3 is 1. The molecule has 0 heterocycles. The van der Waals surface area contributed by atoms with Gasteiger partial charge in [-0.25, -0.2) is 13.1 Å². The second-order valence-electron chi connectivity index (χ2n) is 5.88. The minimum absolute atomic E-state index is 0.0407. The van der Waals surface area contributed by atoms with E-state index < -0.39 is 10.0 Å². The van der Waals surface area contributed by atoms with Gasteiger partial charge in [-0.05, 0) is 25.1 Å². The molecular formula is C19H24N2O4S. The van der Waals surface area contributed by atoms with Gasteiger partial charge in [-0.1, -0.05) is 36.4 Å². The van der Waals surface area contributed by atoms with Crippen LogP contribution in [0.25, 0.3) is 0 Å². The fraction of sp³-hybridized carbons (Fsp3) is 0.316. The van der Waals surface area contributed by atoms with Crippen LogP contribution >= 0.6 is 0 Å². The molecule has 0 aliphatic carbocycles. The van der Waals surface area contributed by atoms with Crippen LogP contribution in [-0.2, 0) is 14.8 Å². The summed E-state index contributed by atoms with van der Waals surface area (Å²) in [5.74, 6) is 0.559. The summed E-state index contributed by atoms with van der Waals surface area (Å²) in [6, 6.07) is 15.4. The molecular weight excluding hydrogens is 352 g/mol. The molecule has 1 N–H and O–H groups in total. The monoisotopic (exact) mass is 376 g/mol. The van der Waals surface area contributed by atoms with Crippen molar-refractivity contribution in [1.82, 2.24) is 9.62 Å². The number of benzene rings is 2. The first-order chi connectivity index (χ1) is 12.4. The molecule has 0 aliphatic heterocycles. The van der Waals surface area contributed by atoms with Crippen LogP contribution < -0.4 is 9.46 Å². The molecule has 0 saturated carbocycles. The summed E-state index contributed by atoms with van der Waals surface area (Å²) in [6.45, 7) is 1.95. The highest BCUT2D eigenvalue weighted by atomic mass is 32.2. The van der Waals surface area contributed by atoms with Crippen molar-refractivity contribution in [2.24, 2.45) is 0 Å². The molecule has 2 aromatic rings. The Bertz CT molecular complexity index is 838. The van der Waals surface area contributed by atoms with E-state index in [0.717, 1.165) is 5.56 Å². The summed E-state index contributed by atoms with van der Waals surface area (Å²) >= 11 is 0. The van der Waals surface area contributed by atoms with E-state index in [4.69, 9.17) is 4.74 Å². The van der Waals surface area contributed by atoms with E-state index in [2.05, 4.69) is 4.72 Å². The van der Waals surface area contributed by atoms with Crippen LogP contribution in [0, 0.1) is 0 Å². The van der Waals surface area contributed by atoms with E-state index in [9.17, 15) is 13.2 Å². The summed E-state index contributed by atoms with van der Waals surface area (Å²) < 4.78 is 32.1. The minimum atomic E-state index is -3.61. The number of carbonyl (C=O) groups excluding carboxylic acids is 1. The molecule has 0 aliphatic rings. The number of amides is 1. The van der Waals surface area contributed by atoms with Gasteiger partial charge < -0.3 is 9.64 Å². The van der Waals surface area contributed by atoms with Gasteiger partial charge in [0, 0.05) is 25.6 Å². The number of nitrogens with zero attached hydrogens (tertiary/aromatic N) is 1. The van der Waals surface area contributed by atoms with E-state index in [1.54, 1.807) is 37.3 Å². The van der Waals surface area contributed by atoms with Gasteiger partial charge in [-0.3, -0.25) is 4.79 Å². The number of nitrogens with one attached hydrogen (secondary N) is 1. The first-order valence-electron chi connectivity index (χ1n) is 8.30. The number of ether oxygens (including phenoxy) is 1. The Morgan fingerprint density at radius 2 is 1.73 bits per heavy atom. The van der Waals surface area contributed by atoms with E-state index in [1.807, 2.05) is 31.2 Å². The van der Waals surface area contributed by atoms with Crippen molar-refractivity contribution in [1.29, 1.82) is 0 Å². The highest BCUT2D eigenvalue weighted by Crippen LogP contribution is 2.28. The van der Waals surface area contributed by atoms with Gasteiger partial charge in [0.2, 0.25) is 15.9 Å². The lowest BCUT2D eigenvalue weighted by Crippen LogP contribution is -2.33. The lowest BCUT2D eigenvalue weighted by Gasteiger charge is -2.26. The Balaban J connectivity index is 1.95. The molecule has 0 bridgehead atoms. The number of carbonyl (C=O) groups is 1. The van der Waals surface area contributed by atoms with Crippen molar-refractivity contribution in [2.75, 3.05) is 20.7 Å². The summed E-state index contributed by atoms with van der Waals surface area (Å²) in [5, 5.41) is 0. The van der Waals surface area contributed by atoms with Gasteiger partial charge >= 0.3 is 0 Å². The van der Waals surface area contributed by atoms with E-state index in [1.165, 1.54) is 12.1 Å². The molecule has 1 atom stereocenters. The largest absolute Gasteiger partial charge is 0.496 e. The summed E-state index contributed by atoms with van der Waals surface area (Å²) in [6.07, 6.45) is 0.0715. The maximum atomic E-state index is 12.4. The average molecular weight is 376 g/mol. The smallest absolute Gasteiger partial charge is 0.240 e.